The number of urea groups is 1. The molecular weight excluding hydrogens is 246 g/mol. The van der Waals surface area contributed by atoms with Gasteiger partial charge in [-0.1, -0.05) is 37.3 Å². The third-order valence-electron chi connectivity index (χ3n) is 2.20. The molecule has 6 nitrogen and oxygen atoms in total. The van der Waals surface area contributed by atoms with Crippen molar-refractivity contribution in [1.29, 1.82) is 0 Å². The van der Waals surface area contributed by atoms with Crippen LogP contribution in [0.15, 0.2) is 30.3 Å². The Labute approximate surface area is 112 Å². The highest BCUT2D eigenvalue weighted by Crippen LogP contribution is 1.99. The Hall–Kier alpha value is -2.08. The molecule has 1 rings (SSSR count). The van der Waals surface area contributed by atoms with Crippen molar-refractivity contribution in [2.75, 3.05) is 13.2 Å². The number of hydrogen-bond donors (Lipinski definition) is 3. The fraction of sp³-hybridized carbons (Fsp3) is 0.385. The number of carbonyl (C=O) groups is 2. The number of amides is 3. The fourth-order valence-electron chi connectivity index (χ4n) is 1.28. The number of ether oxygens (including phenoxy) is 1. The first kappa shape index (κ1) is 15.0. The highest BCUT2D eigenvalue weighted by atomic mass is 16.5. The molecule has 0 aliphatic rings. The first-order chi connectivity index (χ1) is 9.22. The van der Waals surface area contributed by atoms with E-state index in [4.69, 9.17) is 4.74 Å². The molecule has 0 heterocycles. The van der Waals surface area contributed by atoms with Crippen molar-refractivity contribution in [2.24, 2.45) is 0 Å². The van der Waals surface area contributed by atoms with Crippen LogP contribution in [0.4, 0.5) is 4.79 Å². The van der Waals surface area contributed by atoms with Crippen LogP contribution in [0, 0.1) is 0 Å². The maximum Gasteiger partial charge on any atom is 0.333 e. The van der Waals surface area contributed by atoms with Crippen LogP contribution in [-0.2, 0) is 16.1 Å². The van der Waals surface area contributed by atoms with Crippen LogP contribution < -0.4 is 16.2 Å². The van der Waals surface area contributed by atoms with Gasteiger partial charge < -0.3 is 10.1 Å². The third kappa shape index (κ3) is 7.05. The van der Waals surface area contributed by atoms with Crippen LogP contribution in [0.3, 0.4) is 0 Å². The average molecular weight is 265 g/mol. The molecule has 0 spiro atoms. The molecule has 1 aromatic rings. The van der Waals surface area contributed by atoms with Gasteiger partial charge in [-0.25, -0.2) is 10.2 Å². The molecule has 0 aliphatic carbocycles. The predicted octanol–water partition coefficient (Wildman–Crippen LogP) is 0.944. The van der Waals surface area contributed by atoms with E-state index in [1.165, 1.54) is 0 Å². The largest absolute Gasteiger partial charge is 0.367 e. The van der Waals surface area contributed by atoms with E-state index in [1.54, 1.807) is 0 Å². The summed E-state index contributed by atoms with van der Waals surface area (Å²) in [7, 11) is 0. The van der Waals surface area contributed by atoms with E-state index in [1.807, 2.05) is 37.3 Å². The Bertz CT molecular complexity index is 395. The average Bonchev–Trinajstić information content (AvgIpc) is 2.44. The zero-order valence-corrected chi connectivity index (χ0v) is 10.9. The molecule has 0 unspecified atom stereocenters. The second-order valence-electron chi connectivity index (χ2n) is 3.91. The Balaban J connectivity index is 2.10. The number of nitrogens with one attached hydrogen (secondary N) is 3. The van der Waals surface area contributed by atoms with Gasteiger partial charge in [0.1, 0.15) is 6.61 Å². The van der Waals surface area contributed by atoms with Gasteiger partial charge in [-0.05, 0) is 12.0 Å². The van der Waals surface area contributed by atoms with Gasteiger partial charge >= 0.3 is 6.03 Å². The topological polar surface area (TPSA) is 79.5 Å². The molecule has 0 atom stereocenters. The van der Waals surface area contributed by atoms with Crippen LogP contribution in [0.1, 0.15) is 18.9 Å². The van der Waals surface area contributed by atoms with Crippen molar-refractivity contribution in [3.8, 4) is 0 Å². The van der Waals surface area contributed by atoms with Gasteiger partial charge in [0.05, 0.1) is 6.61 Å². The van der Waals surface area contributed by atoms with Crippen LogP contribution in [0.25, 0.3) is 0 Å². The quantitative estimate of drug-likeness (QED) is 0.670. The van der Waals surface area contributed by atoms with Gasteiger partial charge in [0.2, 0.25) is 0 Å². The number of benzene rings is 1. The minimum Gasteiger partial charge on any atom is -0.367 e. The van der Waals surface area contributed by atoms with Crippen LogP contribution in [0.5, 0.6) is 0 Å². The Morgan fingerprint density at radius 1 is 1.16 bits per heavy atom. The van der Waals surface area contributed by atoms with Gasteiger partial charge in [0.15, 0.2) is 0 Å². The van der Waals surface area contributed by atoms with Crippen molar-refractivity contribution in [2.45, 2.75) is 20.0 Å². The molecule has 3 amide bonds. The van der Waals surface area contributed by atoms with Gasteiger partial charge in [0, 0.05) is 6.54 Å². The minimum absolute atomic E-state index is 0.108. The highest BCUT2D eigenvalue weighted by molar-refractivity contribution is 5.81. The summed E-state index contributed by atoms with van der Waals surface area (Å²) in [4.78, 5) is 22.5. The van der Waals surface area contributed by atoms with E-state index in [9.17, 15) is 9.59 Å². The van der Waals surface area contributed by atoms with Gasteiger partial charge in [-0.15, -0.1) is 0 Å². The smallest absolute Gasteiger partial charge is 0.333 e. The molecule has 6 heteroatoms. The summed E-state index contributed by atoms with van der Waals surface area (Å²) in [5, 5.41) is 2.56. The van der Waals surface area contributed by atoms with E-state index in [0.717, 1.165) is 12.0 Å². The second kappa shape index (κ2) is 8.93. The maximum absolute atomic E-state index is 11.3. The molecule has 19 heavy (non-hydrogen) atoms. The van der Waals surface area contributed by atoms with Crippen LogP contribution >= 0.6 is 0 Å². The third-order valence-corrected chi connectivity index (χ3v) is 2.20. The first-order valence-corrected chi connectivity index (χ1v) is 6.16. The van der Waals surface area contributed by atoms with Gasteiger partial charge in [0.25, 0.3) is 5.91 Å². The monoisotopic (exact) mass is 265 g/mol. The summed E-state index contributed by atoms with van der Waals surface area (Å²) >= 11 is 0. The van der Waals surface area contributed by atoms with Crippen LogP contribution in [-0.4, -0.2) is 25.1 Å². The summed E-state index contributed by atoms with van der Waals surface area (Å²) in [6, 6.07) is 9.10. The van der Waals surface area contributed by atoms with E-state index < -0.39 is 11.9 Å². The highest BCUT2D eigenvalue weighted by Gasteiger charge is 2.03. The van der Waals surface area contributed by atoms with Gasteiger partial charge in [-0.3, -0.25) is 10.2 Å². The SMILES string of the molecule is CCCNC(=O)NNC(=O)COCc1ccccc1. The number of rotatable bonds is 6. The molecule has 0 fully saturated rings. The summed E-state index contributed by atoms with van der Waals surface area (Å²) in [6.07, 6.45) is 0.835. The second-order valence-corrected chi connectivity index (χ2v) is 3.91. The summed E-state index contributed by atoms with van der Waals surface area (Å²) < 4.78 is 5.21. The lowest BCUT2D eigenvalue weighted by atomic mass is 10.2. The molecule has 0 bridgehead atoms. The zero-order chi connectivity index (χ0) is 13.9. The minimum atomic E-state index is -0.432. The van der Waals surface area contributed by atoms with Crippen molar-refractivity contribution >= 4 is 11.9 Å². The molecule has 0 aliphatic heterocycles. The van der Waals surface area contributed by atoms with Crippen molar-refractivity contribution in [1.82, 2.24) is 16.2 Å². The van der Waals surface area contributed by atoms with Crippen molar-refractivity contribution in [3.63, 3.8) is 0 Å². The summed E-state index contributed by atoms with van der Waals surface area (Å²) in [5.41, 5.74) is 5.48. The molecule has 3 N–H and O–H groups in total. The lowest BCUT2D eigenvalue weighted by Gasteiger charge is -2.08. The zero-order valence-electron chi connectivity index (χ0n) is 10.9. The Morgan fingerprint density at radius 2 is 1.89 bits per heavy atom. The molecule has 0 aromatic heterocycles. The molecule has 0 saturated heterocycles. The molecule has 0 radical (unpaired) electrons. The summed E-state index contributed by atoms with van der Waals surface area (Å²) in [6.45, 7) is 2.75. The fourth-order valence-corrected chi connectivity index (χ4v) is 1.28. The molecular formula is C13H19N3O3. The standard InChI is InChI=1S/C13H19N3O3/c1-2-8-14-13(18)16-15-12(17)10-19-9-11-6-4-3-5-7-11/h3-7H,2,8-10H2,1H3,(H,15,17)(H2,14,16,18). The first-order valence-electron chi connectivity index (χ1n) is 6.16. The number of hydrogen-bond acceptors (Lipinski definition) is 3. The van der Waals surface area contributed by atoms with E-state index in [-0.39, 0.29) is 6.61 Å². The van der Waals surface area contributed by atoms with Crippen LogP contribution in [0.2, 0.25) is 0 Å². The van der Waals surface area contributed by atoms with E-state index in [2.05, 4.69) is 16.2 Å². The maximum atomic E-state index is 11.3. The van der Waals surface area contributed by atoms with Crippen molar-refractivity contribution < 1.29 is 14.3 Å². The lowest BCUT2D eigenvalue weighted by Crippen LogP contribution is -2.48. The van der Waals surface area contributed by atoms with E-state index in [0.29, 0.717) is 13.2 Å². The van der Waals surface area contributed by atoms with Gasteiger partial charge in [-0.2, -0.15) is 0 Å². The normalized spacial score (nSPS) is 9.74. The Kier molecular flexibility index (Phi) is 7.04. The van der Waals surface area contributed by atoms with E-state index >= 15 is 0 Å². The molecule has 0 saturated carbocycles. The number of hydrazine groups is 1. The lowest BCUT2D eigenvalue weighted by molar-refractivity contribution is -0.126. The number of carbonyl (C=O) groups excluding carboxylic acids is 2. The van der Waals surface area contributed by atoms with Crippen molar-refractivity contribution in [3.05, 3.63) is 35.9 Å². The summed E-state index contributed by atoms with van der Waals surface area (Å²) in [5.74, 6) is -0.400. The predicted molar refractivity (Wildman–Crippen MR) is 71.1 cm³/mol. The molecule has 1 aromatic carbocycles. The molecule has 104 valence electrons. The Morgan fingerprint density at radius 3 is 2.58 bits per heavy atom.